The van der Waals surface area contributed by atoms with Gasteiger partial charge in [-0.2, -0.15) is 0 Å². The molecule has 0 heterocycles. The average Bonchev–Trinajstić information content (AvgIpc) is 3.27. The van der Waals surface area contributed by atoms with Crippen molar-refractivity contribution in [3.63, 3.8) is 0 Å². The van der Waals surface area contributed by atoms with E-state index in [0.717, 1.165) is 57.8 Å². The Morgan fingerprint density at radius 3 is 1.00 bits per heavy atom. The monoisotopic (exact) mass is 915 g/mol. The molecule has 0 amide bonds. The van der Waals surface area contributed by atoms with Gasteiger partial charge in [0, 0.05) is 12.8 Å². The maximum absolute atomic E-state index is 12.4. The van der Waals surface area contributed by atoms with E-state index in [2.05, 4.69) is 38.2 Å². The molecule has 0 aromatic carbocycles. The highest BCUT2D eigenvalue weighted by atomic mass is 31.2. The van der Waals surface area contributed by atoms with E-state index in [1.54, 1.807) is 0 Å². The molecule has 63 heavy (non-hydrogen) atoms. The zero-order chi connectivity index (χ0) is 46.2. The van der Waals surface area contributed by atoms with Crippen molar-refractivity contribution in [3.05, 3.63) is 24.3 Å². The van der Waals surface area contributed by atoms with Gasteiger partial charge >= 0.3 is 19.8 Å². The lowest BCUT2D eigenvalue weighted by molar-refractivity contribution is -0.153. The van der Waals surface area contributed by atoms with Gasteiger partial charge in [-0.05, 0) is 44.9 Å². The van der Waals surface area contributed by atoms with Crippen LogP contribution < -0.4 is 0 Å². The fourth-order valence-electron chi connectivity index (χ4n) is 7.62. The second kappa shape index (κ2) is 48.4. The van der Waals surface area contributed by atoms with Crippen LogP contribution in [-0.4, -0.2) is 65.7 Å². The van der Waals surface area contributed by atoms with E-state index in [-0.39, 0.29) is 12.8 Å². The van der Waals surface area contributed by atoms with Gasteiger partial charge in [0.2, 0.25) is 0 Å². The molecule has 3 N–H and O–H groups in total. The number of phosphoric acid groups is 1. The average molecular weight is 915 g/mol. The van der Waals surface area contributed by atoms with Crippen LogP contribution in [0.2, 0.25) is 0 Å². The lowest BCUT2D eigenvalue weighted by Crippen LogP contribution is -2.28. The molecule has 0 rings (SSSR count). The molecule has 372 valence electrons. The summed E-state index contributed by atoms with van der Waals surface area (Å²) in [5.41, 5.74) is 0. The molecule has 0 aliphatic heterocycles. The first-order valence-electron chi connectivity index (χ1n) is 26.3. The molecular weight excluding hydrogens is 816 g/mol. The second-order valence-electron chi connectivity index (χ2n) is 17.9. The Hall–Kier alpha value is -1.55. The third kappa shape index (κ3) is 46.8. The number of esters is 2. The maximum atomic E-state index is 12.4. The molecule has 3 unspecified atom stereocenters. The van der Waals surface area contributed by atoms with Gasteiger partial charge in [-0.15, -0.1) is 0 Å². The van der Waals surface area contributed by atoms with Crippen LogP contribution in [0.4, 0.5) is 0 Å². The van der Waals surface area contributed by atoms with E-state index in [1.165, 1.54) is 161 Å². The smallest absolute Gasteiger partial charge is 0.457 e. The Bertz CT molecular complexity index is 1100. The molecule has 0 fully saturated rings. The zero-order valence-electron chi connectivity index (χ0n) is 40.8. The van der Waals surface area contributed by atoms with Gasteiger partial charge in [0.05, 0.1) is 26.4 Å². The van der Waals surface area contributed by atoms with Crippen molar-refractivity contribution < 1.29 is 47.8 Å². The van der Waals surface area contributed by atoms with Crippen molar-refractivity contribution >= 4 is 19.8 Å². The number of allylic oxidation sites excluding steroid dienone is 4. The summed E-state index contributed by atoms with van der Waals surface area (Å²) in [5.74, 6) is -1.02. The van der Waals surface area contributed by atoms with Crippen LogP contribution in [-0.2, 0) is 32.7 Å². The Kier molecular flexibility index (Phi) is 47.2. The fraction of sp³-hybridized carbons (Fsp3) is 0.885. The number of ether oxygens (including phenoxy) is 2. The van der Waals surface area contributed by atoms with Crippen LogP contribution in [0, 0.1) is 0 Å². The molecule has 0 aliphatic rings. The largest absolute Gasteiger partial charge is 0.472 e. The molecule has 10 nitrogen and oxygen atoms in total. The summed E-state index contributed by atoms with van der Waals surface area (Å²) >= 11 is 0. The van der Waals surface area contributed by atoms with Gasteiger partial charge in [0.25, 0.3) is 0 Å². The molecule has 3 atom stereocenters. The number of rotatable bonds is 50. The summed E-state index contributed by atoms with van der Waals surface area (Å²) < 4.78 is 32.7. The Morgan fingerprint density at radius 1 is 0.429 bits per heavy atom. The molecule has 11 heteroatoms. The van der Waals surface area contributed by atoms with Crippen LogP contribution in [0.1, 0.15) is 258 Å². The topological polar surface area (TPSA) is 149 Å². The molecule has 0 saturated carbocycles. The number of carbonyl (C=O) groups excluding carboxylic acids is 2. The summed E-state index contributed by atoms with van der Waals surface area (Å²) in [7, 11) is -4.64. The van der Waals surface area contributed by atoms with Crippen molar-refractivity contribution in [2.24, 2.45) is 0 Å². The predicted octanol–water partition coefficient (Wildman–Crippen LogP) is 14.9. The molecule has 0 aliphatic carbocycles. The third-order valence-corrected chi connectivity index (χ3v) is 12.6. The summed E-state index contributed by atoms with van der Waals surface area (Å²) in [6.07, 6.45) is 51.6. The normalized spacial score (nSPS) is 13.8. The van der Waals surface area contributed by atoms with Crippen molar-refractivity contribution in [2.75, 3.05) is 26.4 Å². The first kappa shape index (κ1) is 61.5. The van der Waals surface area contributed by atoms with Crippen LogP contribution in [0.15, 0.2) is 24.3 Å². The fourth-order valence-corrected chi connectivity index (χ4v) is 8.40. The summed E-state index contributed by atoms with van der Waals surface area (Å²) in [5, 5.41) is 19.2. The van der Waals surface area contributed by atoms with Gasteiger partial charge in [-0.3, -0.25) is 18.6 Å². The standard InChI is InChI=1S/C52H99O10P/c1-3-5-7-9-11-13-15-17-19-21-22-23-24-25-26-27-28-30-32-34-36-38-40-42-44-52(56)62-50(46-54)48-60-63(57,58)59-47-49(45-53)61-51(55)43-41-39-37-35-33-31-29-20-18-16-14-12-10-8-6-4-2/h14,16,20,29,49-50,53-54H,3-13,15,17-19,21-28,30-48H2,1-2H3,(H,57,58)/b16-14-,29-20-. The molecule has 0 bridgehead atoms. The molecule has 0 radical (unpaired) electrons. The SMILES string of the molecule is CCCCCC/C=C\C/C=C\CCCCCCCC(=O)OC(CO)COP(=O)(O)OCC(CO)OC(=O)CCCCCCCCCCCCCCCCCCCCCCCCCC. The molecule has 0 saturated heterocycles. The minimum atomic E-state index is -4.64. The summed E-state index contributed by atoms with van der Waals surface area (Å²) in [4.78, 5) is 34.7. The van der Waals surface area contributed by atoms with E-state index in [0.29, 0.717) is 12.8 Å². The van der Waals surface area contributed by atoms with E-state index < -0.39 is 58.4 Å². The highest BCUT2D eigenvalue weighted by molar-refractivity contribution is 7.47. The first-order chi connectivity index (χ1) is 30.8. The molecule has 0 aromatic heterocycles. The number of aliphatic hydroxyl groups is 2. The van der Waals surface area contributed by atoms with E-state index in [9.17, 15) is 29.3 Å². The Labute approximate surface area is 387 Å². The van der Waals surface area contributed by atoms with Gasteiger partial charge in [0.1, 0.15) is 12.2 Å². The van der Waals surface area contributed by atoms with Crippen molar-refractivity contribution in [1.82, 2.24) is 0 Å². The van der Waals surface area contributed by atoms with Gasteiger partial charge < -0.3 is 24.6 Å². The number of unbranched alkanes of at least 4 members (excludes halogenated alkanes) is 32. The van der Waals surface area contributed by atoms with Crippen molar-refractivity contribution in [3.8, 4) is 0 Å². The van der Waals surface area contributed by atoms with Gasteiger partial charge in [-0.1, -0.05) is 224 Å². The lowest BCUT2D eigenvalue weighted by Gasteiger charge is -2.20. The van der Waals surface area contributed by atoms with Crippen LogP contribution in [0.3, 0.4) is 0 Å². The zero-order valence-corrected chi connectivity index (χ0v) is 41.7. The van der Waals surface area contributed by atoms with Crippen LogP contribution >= 0.6 is 7.82 Å². The number of hydrogen-bond acceptors (Lipinski definition) is 9. The number of hydrogen-bond donors (Lipinski definition) is 3. The first-order valence-corrected chi connectivity index (χ1v) is 27.8. The number of carbonyl (C=O) groups is 2. The Morgan fingerprint density at radius 2 is 0.698 bits per heavy atom. The van der Waals surface area contributed by atoms with Crippen molar-refractivity contribution in [2.45, 2.75) is 270 Å². The number of phosphoric ester groups is 1. The van der Waals surface area contributed by atoms with Gasteiger partial charge in [0.15, 0.2) is 0 Å². The van der Waals surface area contributed by atoms with E-state index in [1.807, 2.05) is 0 Å². The second-order valence-corrected chi connectivity index (χ2v) is 19.3. The molecular formula is C52H99O10P. The minimum absolute atomic E-state index is 0.178. The van der Waals surface area contributed by atoms with Crippen LogP contribution in [0.5, 0.6) is 0 Å². The highest BCUT2D eigenvalue weighted by Crippen LogP contribution is 2.43. The van der Waals surface area contributed by atoms with E-state index >= 15 is 0 Å². The molecule has 0 spiro atoms. The predicted molar refractivity (Wildman–Crippen MR) is 261 cm³/mol. The third-order valence-electron chi connectivity index (χ3n) is 11.7. The number of aliphatic hydroxyl groups excluding tert-OH is 2. The lowest BCUT2D eigenvalue weighted by atomic mass is 10.0. The van der Waals surface area contributed by atoms with Gasteiger partial charge in [-0.25, -0.2) is 4.57 Å². The van der Waals surface area contributed by atoms with E-state index in [4.69, 9.17) is 18.5 Å². The summed E-state index contributed by atoms with van der Waals surface area (Å²) in [6.45, 7) is 2.23. The Balaban J connectivity index is 3.79. The highest BCUT2D eigenvalue weighted by Gasteiger charge is 2.27. The molecule has 0 aromatic rings. The van der Waals surface area contributed by atoms with Crippen molar-refractivity contribution in [1.29, 1.82) is 0 Å². The van der Waals surface area contributed by atoms with Crippen LogP contribution in [0.25, 0.3) is 0 Å². The maximum Gasteiger partial charge on any atom is 0.472 e. The minimum Gasteiger partial charge on any atom is -0.457 e. The summed E-state index contributed by atoms with van der Waals surface area (Å²) in [6, 6.07) is 0. The quantitative estimate of drug-likeness (QED) is 0.0233.